The van der Waals surface area contributed by atoms with Crippen LogP contribution in [0.2, 0.25) is 0 Å². The van der Waals surface area contributed by atoms with Crippen LogP contribution in [0.15, 0.2) is 0 Å². The number of piperidine rings is 2. The summed E-state index contributed by atoms with van der Waals surface area (Å²) in [6.07, 6.45) is -0.0622. The number of nitrogens with one attached hydrogen (secondary N) is 2. The van der Waals surface area contributed by atoms with Crippen molar-refractivity contribution < 1.29 is 14.9 Å². The van der Waals surface area contributed by atoms with Crippen LogP contribution in [0.1, 0.15) is 13.8 Å². The van der Waals surface area contributed by atoms with Crippen molar-refractivity contribution in [2.45, 2.75) is 20.0 Å². The van der Waals surface area contributed by atoms with Gasteiger partial charge in [-0.3, -0.25) is 9.80 Å². The molecule has 74 valence electrons. The molecule has 3 heteroatoms. The third-order valence-electron chi connectivity index (χ3n) is 4.44. The molecule has 4 aliphatic heterocycles. The standard InChI is InChI=1S/C10H18N2O/c1-9-3-11-5-10(2,8(9)13)6-12(4-9)7-11/h8,13H,3-7H2,1-2H3/p+2. The zero-order valence-electron chi connectivity index (χ0n) is 8.56. The second-order valence-electron chi connectivity index (χ2n) is 6.09. The van der Waals surface area contributed by atoms with Gasteiger partial charge in [-0.2, -0.15) is 0 Å². The highest BCUT2D eigenvalue weighted by molar-refractivity contribution is 4.99. The first-order chi connectivity index (χ1) is 6.02. The highest BCUT2D eigenvalue weighted by Crippen LogP contribution is 2.37. The van der Waals surface area contributed by atoms with Gasteiger partial charge >= 0.3 is 0 Å². The highest BCUT2D eigenvalue weighted by atomic mass is 16.3. The maximum atomic E-state index is 10.3. The lowest BCUT2D eigenvalue weighted by Gasteiger charge is -2.59. The third kappa shape index (κ3) is 0.901. The second-order valence-corrected chi connectivity index (χ2v) is 6.09. The first kappa shape index (κ1) is 8.21. The zero-order chi connectivity index (χ0) is 9.27. The topological polar surface area (TPSA) is 29.1 Å². The van der Waals surface area contributed by atoms with E-state index in [-0.39, 0.29) is 16.9 Å². The van der Waals surface area contributed by atoms with Crippen LogP contribution < -0.4 is 9.80 Å². The Morgan fingerprint density at radius 2 is 1.38 bits per heavy atom. The lowest BCUT2D eigenvalue weighted by molar-refractivity contribution is -1.14. The van der Waals surface area contributed by atoms with Gasteiger partial charge in [0.05, 0.1) is 43.1 Å². The van der Waals surface area contributed by atoms with Gasteiger partial charge in [-0.1, -0.05) is 0 Å². The molecule has 4 bridgehead atoms. The quantitative estimate of drug-likeness (QED) is 0.371. The molecule has 0 radical (unpaired) electrons. The number of quaternary nitrogens is 2. The number of hydrogen-bond acceptors (Lipinski definition) is 1. The van der Waals surface area contributed by atoms with Crippen LogP contribution in [0, 0.1) is 10.8 Å². The average molecular weight is 184 g/mol. The van der Waals surface area contributed by atoms with Crippen LogP contribution in [-0.2, 0) is 0 Å². The summed E-state index contributed by atoms with van der Waals surface area (Å²) in [7, 11) is 0. The molecule has 0 aliphatic carbocycles. The van der Waals surface area contributed by atoms with Crippen molar-refractivity contribution in [2.75, 3.05) is 32.8 Å². The van der Waals surface area contributed by atoms with E-state index in [4.69, 9.17) is 0 Å². The summed E-state index contributed by atoms with van der Waals surface area (Å²) in [6.45, 7) is 10.6. The van der Waals surface area contributed by atoms with E-state index in [2.05, 4.69) is 13.8 Å². The first-order valence-corrected chi connectivity index (χ1v) is 5.37. The maximum absolute atomic E-state index is 10.3. The zero-order valence-corrected chi connectivity index (χ0v) is 8.56. The van der Waals surface area contributed by atoms with Crippen LogP contribution >= 0.6 is 0 Å². The summed E-state index contributed by atoms with van der Waals surface area (Å²) in [5.41, 5.74) is 0.405. The first-order valence-electron chi connectivity index (χ1n) is 5.37. The van der Waals surface area contributed by atoms with Gasteiger partial charge in [-0.25, -0.2) is 0 Å². The Hall–Kier alpha value is -0.120. The lowest BCUT2D eigenvalue weighted by Crippen LogP contribution is -3.41. The van der Waals surface area contributed by atoms with Crippen LogP contribution in [0.25, 0.3) is 0 Å². The second kappa shape index (κ2) is 2.10. The van der Waals surface area contributed by atoms with E-state index in [0.717, 1.165) is 0 Å². The molecule has 4 fully saturated rings. The summed E-state index contributed by atoms with van der Waals surface area (Å²) >= 11 is 0. The van der Waals surface area contributed by atoms with E-state index in [1.165, 1.54) is 32.8 Å². The summed E-state index contributed by atoms with van der Waals surface area (Å²) in [6, 6.07) is 0. The van der Waals surface area contributed by atoms with E-state index in [9.17, 15) is 5.11 Å². The molecule has 0 saturated carbocycles. The maximum Gasteiger partial charge on any atom is 0.204 e. The van der Waals surface area contributed by atoms with Gasteiger partial charge < -0.3 is 5.11 Å². The van der Waals surface area contributed by atoms with E-state index < -0.39 is 0 Å². The summed E-state index contributed by atoms with van der Waals surface area (Å²) < 4.78 is 0. The minimum absolute atomic E-state index is 0.0622. The molecule has 3 nitrogen and oxygen atoms in total. The summed E-state index contributed by atoms with van der Waals surface area (Å²) in [5.74, 6) is 0. The van der Waals surface area contributed by atoms with Crippen molar-refractivity contribution >= 4 is 0 Å². The molecule has 0 unspecified atom stereocenters. The Labute approximate surface area is 79.3 Å². The molecular formula is C10H20N2O+2. The van der Waals surface area contributed by atoms with Gasteiger partial charge in [0.15, 0.2) is 0 Å². The molecule has 3 N–H and O–H groups in total. The van der Waals surface area contributed by atoms with E-state index in [1.54, 1.807) is 9.80 Å². The van der Waals surface area contributed by atoms with Gasteiger partial charge in [-0.05, 0) is 13.8 Å². The number of hydrogen-bond donors (Lipinski definition) is 3. The molecule has 4 rings (SSSR count). The van der Waals surface area contributed by atoms with Crippen LogP contribution in [-0.4, -0.2) is 44.1 Å². The molecule has 0 aromatic rings. The summed E-state index contributed by atoms with van der Waals surface area (Å²) in [5, 5.41) is 10.3. The lowest BCUT2D eigenvalue weighted by atomic mass is 9.61. The van der Waals surface area contributed by atoms with Gasteiger partial charge in [0.25, 0.3) is 0 Å². The van der Waals surface area contributed by atoms with Crippen LogP contribution in [0.4, 0.5) is 0 Å². The number of aliphatic hydroxyl groups is 1. The SMILES string of the molecule is CC12C[NH+]3C[NH+](C1)CC(C)(C3)C2O. The Kier molecular flexibility index (Phi) is 1.33. The van der Waals surface area contributed by atoms with Crippen LogP contribution in [0.3, 0.4) is 0 Å². The molecule has 0 amide bonds. The third-order valence-corrected chi connectivity index (χ3v) is 4.44. The Bertz CT molecular complexity index is 217. The van der Waals surface area contributed by atoms with Crippen LogP contribution in [0.5, 0.6) is 0 Å². The van der Waals surface area contributed by atoms with Crippen molar-refractivity contribution in [3.8, 4) is 0 Å². The Balaban J connectivity index is 2.03. The fourth-order valence-corrected chi connectivity index (χ4v) is 4.37. The van der Waals surface area contributed by atoms with Gasteiger partial charge in [-0.15, -0.1) is 0 Å². The van der Waals surface area contributed by atoms with Gasteiger partial charge in [0, 0.05) is 0 Å². The number of aliphatic hydroxyl groups excluding tert-OH is 1. The fraction of sp³-hybridized carbons (Fsp3) is 1.00. The minimum Gasteiger partial charge on any atom is -0.391 e. The van der Waals surface area contributed by atoms with E-state index in [1.807, 2.05) is 0 Å². The van der Waals surface area contributed by atoms with Crippen molar-refractivity contribution in [2.24, 2.45) is 10.8 Å². The number of rotatable bonds is 0. The monoisotopic (exact) mass is 184 g/mol. The van der Waals surface area contributed by atoms with Crippen molar-refractivity contribution in [3.63, 3.8) is 0 Å². The fourth-order valence-electron chi connectivity index (χ4n) is 4.37. The molecular weight excluding hydrogens is 164 g/mol. The molecule has 0 aromatic heterocycles. The molecule has 4 heterocycles. The van der Waals surface area contributed by atoms with Crippen molar-refractivity contribution in [1.29, 1.82) is 0 Å². The van der Waals surface area contributed by atoms with Crippen molar-refractivity contribution in [1.82, 2.24) is 0 Å². The van der Waals surface area contributed by atoms with E-state index in [0.29, 0.717) is 0 Å². The van der Waals surface area contributed by atoms with Crippen molar-refractivity contribution in [3.05, 3.63) is 0 Å². The Morgan fingerprint density at radius 1 is 1.00 bits per heavy atom. The molecule has 0 aromatic carbocycles. The predicted molar refractivity (Wildman–Crippen MR) is 48.5 cm³/mol. The van der Waals surface area contributed by atoms with Gasteiger partial charge in [0.1, 0.15) is 0 Å². The molecule has 13 heavy (non-hydrogen) atoms. The normalized spacial score (nSPS) is 64.4. The van der Waals surface area contributed by atoms with Gasteiger partial charge in [0.2, 0.25) is 6.67 Å². The van der Waals surface area contributed by atoms with E-state index >= 15 is 0 Å². The Morgan fingerprint density at radius 3 is 1.77 bits per heavy atom. The smallest absolute Gasteiger partial charge is 0.204 e. The average Bonchev–Trinajstić information content (AvgIpc) is 1.97. The summed E-state index contributed by atoms with van der Waals surface area (Å²) in [4.78, 5) is 3.42. The molecule has 0 atom stereocenters. The largest absolute Gasteiger partial charge is 0.391 e. The highest BCUT2D eigenvalue weighted by Gasteiger charge is 2.64. The minimum atomic E-state index is -0.0622. The predicted octanol–water partition coefficient (Wildman–Crippen LogP) is -2.87. The molecule has 4 saturated heterocycles. The molecule has 4 aliphatic rings. The molecule has 0 spiro atoms.